The molecule has 3 aromatic rings. The van der Waals surface area contributed by atoms with E-state index in [0.29, 0.717) is 34.2 Å². The number of hydrogen-bond acceptors (Lipinski definition) is 5. The number of benzene rings is 3. The summed E-state index contributed by atoms with van der Waals surface area (Å²) in [6, 6.07) is 16.8. The van der Waals surface area contributed by atoms with Crippen molar-refractivity contribution in [1.82, 2.24) is 10.2 Å². The van der Waals surface area contributed by atoms with Gasteiger partial charge < -0.3 is 15.0 Å². The third-order valence-electron chi connectivity index (χ3n) is 6.97. The Bertz CT molecular complexity index is 1480. The molecule has 226 valence electrons. The van der Waals surface area contributed by atoms with Crippen LogP contribution in [0.4, 0.5) is 5.69 Å². The minimum absolute atomic E-state index is 0.0171. The van der Waals surface area contributed by atoms with Crippen LogP contribution in [0, 0.1) is 6.92 Å². The van der Waals surface area contributed by atoms with Gasteiger partial charge in [0.25, 0.3) is 10.0 Å². The van der Waals surface area contributed by atoms with Crippen molar-refractivity contribution in [3.8, 4) is 5.75 Å². The number of nitrogens with zero attached hydrogens (tertiary/aromatic N) is 2. The topological polar surface area (TPSA) is 96.0 Å². The molecule has 0 radical (unpaired) electrons. The van der Waals surface area contributed by atoms with Crippen LogP contribution < -0.4 is 14.4 Å². The molecule has 0 saturated heterocycles. The van der Waals surface area contributed by atoms with Crippen molar-refractivity contribution in [3.05, 3.63) is 87.9 Å². The van der Waals surface area contributed by atoms with E-state index in [4.69, 9.17) is 27.9 Å². The van der Waals surface area contributed by atoms with Crippen molar-refractivity contribution < 1.29 is 22.7 Å². The van der Waals surface area contributed by atoms with Crippen molar-refractivity contribution in [2.45, 2.75) is 64.1 Å². The summed E-state index contributed by atoms with van der Waals surface area (Å²) in [6.45, 7) is 6.97. The molecule has 8 nitrogen and oxygen atoms in total. The summed E-state index contributed by atoms with van der Waals surface area (Å²) in [7, 11) is -2.66. The van der Waals surface area contributed by atoms with E-state index in [-0.39, 0.29) is 29.1 Å². The molecule has 0 aliphatic rings. The highest BCUT2D eigenvalue weighted by Gasteiger charge is 2.34. The van der Waals surface area contributed by atoms with Crippen molar-refractivity contribution in [2.24, 2.45) is 0 Å². The summed E-state index contributed by atoms with van der Waals surface area (Å²) in [5, 5.41) is 3.62. The van der Waals surface area contributed by atoms with Gasteiger partial charge >= 0.3 is 0 Å². The lowest BCUT2D eigenvalue weighted by molar-refractivity contribution is -0.140. The minimum Gasteiger partial charge on any atom is -0.497 e. The molecule has 3 aromatic carbocycles. The fourth-order valence-corrected chi connectivity index (χ4v) is 6.04. The molecule has 0 saturated carbocycles. The van der Waals surface area contributed by atoms with E-state index in [2.05, 4.69) is 5.32 Å². The zero-order valence-corrected chi connectivity index (χ0v) is 26.8. The van der Waals surface area contributed by atoms with Gasteiger partial charge in [0.15, 0.2) is 0 Å². The molecule has 3 rings (SSSR count). The molecule has 1 N–H and O–H groups in total. The van der Waals surface area contributed by atoms with Crippen LogP contribution in [0.25, 0.3) is 0 Å². The Hall–Kier alpha value is -3.27. The Kier molecular flexibility index (Phi) is 11.7. The van der Waals surface area contributed by atoms with Gasteiger partial charge in [0.05, 0.1) is 27.7 Å². The van der Waals surface area contributed by atoms with Crippen molar-refractivity contribution >= 4 is 50.7 Å². The van der Waals surface area contributed by atoms with Gasteiger partial charge in [0.2, 0.25) is 11.8 Å². The minimum atomic E-state index is -4.17. The zero-order chi connectivity index (χ0) is 31.0. The molecule has 2 amide bonds. The normalized spacial score (nSPS) is 12.7. The van der Waals surface area contributed by atoms with Crippen molar-refractivity contribution in [2.75, 3.05) is 18.0 Å². The molecule has 0 fully saturated rings. The second-order valence-corrected chi connectivity index (χ2v) is 12.7. The fourth-order valence-electron chi connectivity index (χ4n) is 4.31. The summed E-state index contributed by atoms with van der Waals surface area (Å²) >= 11 is 12.4. The van der Waals surface area contributed by atoms with E-state index in [1.165, 1.54) is 24.1 Å². The van der Waals surface area contributed by atoms with Crippen LogP contribution in [0.5, 0.6) is 5.75 Å². The molecular formula is C31H37Cl2N3O5S. The monoisotopic (exact) mass is 633 g/mol. The number of rotatable bonds is 13. The molecule has 11 heteroatoms. The van der Waals surface area contributed by atoms with Gasteiger partial charge in [-0.25, -0.2) is 8.42 Å². The van der Waals surface area contributed by atoms with Crippen LogP contribution in [0.1, 0.15) is 44.7 Å². The van der Waals surface area contributed by atoms with Crippen molar-refractivity contribution in [1.29, 1.82) is 0 Å². The maximum absolute atomic E-state index is 14.2. The van der Waals surface area contributed by atoms with Gasteiger partial charge in [-0.15, -0.1) is 0 Å². The molecule has 0 unspecified atom stereocenters. The highest BCUT2D eigenvalue weighted by molar-refractivity contribution is 7.92. The van der Waals surface area contributed by atoms with Gasteiger partial charge in [-0.2, -0.15) is 0 Å². The van der Waals surface area contributed by atoms with Crippen LogP contribution in [0.2, 0.25) is 10.0 Å². The number of amides is 2. The third-order valence-corrected chi connectivity index (χ3v) is 9.50. The maximum Gasteiger partial charge on any atom is 0.264 e. The lowest BCUT2D eigenvalue weighted by atomic mass is 10.1. The van der Waals surface area contributed by atoms with Gasteiger partial charge in [0, 0.05) is 12.6 Å². The van der Waals surface area contributed by atoms with Crippen LogP contribution in [0.3, 0.4) is 0 Å². The van der Waals surface area contributed by atoms with E-state index in [1.807, 2.05) is 20.8 Å². The molecule has 0 spiro atoms. The van der Waals surface area contributed by atoms with Gasteiger partial charge in [0.1, 0.15) is 18.3 Å². The molecule has 0 aliphatic carbocycles. The lowest BCUT2D eigenvalue weighted by Gasteiger charge is -2.33. The van der Waals surface area contributed by atoms with Gasteiger partial charge in [-0.05, 0) is 80.8 Å². The quantitative estimate of drug-likeness (QED) is 0.241. The number of halogens is 2. The number of ether oxygens (including phenoxy) is 1. The van der Waals surface area contributed by atoms with E-state index < -0.39 is 28.5 Å². The largest absolute Gasteiger partial charge is 0.497 e. The number of hydrogen-bond donors (Lipinski definition) is 1. The number of aryl methyl sites for hydroxylation is 1. The molecule has 0 heterocycles. The van der Waals surface area contributed by atoms with Crippen LogP contribution in [0.15, 0.2) is 71.6 Å². The number of sulfonamides is 1. The average Bonchev–Trinajstić information content (AvgIpc) is 2.97. The number of carbonyl (C=O) groups excluding carboxylic acids is 2. The first-order valence-electron chi connectivity index (χ1n) is 13.7. The molecular weight excluding hydrogens is 597 g/mol. The second kappa shape index (κ2) is 14.8. The molecule has 2 atom stereocenters. The third kappa shape index (κ3) is 8.18. The molecule has 0 bridgehead atoms. The Morgan fingerprint density at radius 1 is 0.929 bits per heavy atom. The van der Waals surface area contributed by atoms with Crippen LogP contribution in [-0.4, -0.2) is 50.9 Å². The Labute approximate surface area is 258 Å². The standard InChI is InChI=1S/C31H37Cl2N3O5S/c1-6-22(4)34-31(38)29(7-2)35(19-23-10-17-27(32)28(33)18-23)30(37)20-36(24-11-13-25(41-5)14-12-24)42(39,40)26-15-8-21(3)9-16-26/h8-18,22,29H,6-7,19-20H2,1-5H3,(H,34,38)/t22-,29+/m1/s1. The molecule has 42 heavy (non-hydrogen) atoms. The van der Waals surface area contributed by atoms with Gasteiger partial charge in [-0.3, -0.25) is 13.9 Å². The van der Waals surface area contributed by atoms with Gasteiger partial charge in [-0.1, -0.05) is 60.8 Å². The van der Waals surface area contributed by atoms with E-state index >= 15 is 0 Å². The smallest absolute Gasteiger partial charge is 0.264 e. The summed E-state index contributed by atoms with van der Waals surface area (Å²) in [6.07, 6.45) is 1.02. The first-order valence-corrected chi connectivity index (χ1v) is 15.9. The predicted molar refractivity (Wildman–Crippen MR) is 168 cm³/mol. The SMILES string of the molecule is CC[C@@H](C)NC(=O)[C@H](CC)N(Cc1ccc(Cl)c(Cl)c1)C(=O)CN(c1ccc(OC)cc1)S(=O)(=O)c1ccc(C)cc1. The number of carbonyl (C=O) groups is 2. The highest BCUT2D eigenvalue weighted by atomic mass is 35.5. The van der Waals surface area contributed by atoms with Crippen molar-refractivity contribution in [3.63, 3.8) is 0 Å². The first kappa shape index (κ1) is 33.2. The molecule has 0 aliphatic heterocycles. The summed E-state index contributed by atoms with van der Waals surface area (Å²) in [4.78, 5) is 29.0. The lowest BCUT2D eigenvalue weighted by Crippen LogP contribution is -2.53. The van der Waals surface area contributed by atoms with E-state index in [1.54, 1.807) is 61.5 Å². The van der Waals surface area contributed by atoms with E-state index in [9.17, 15) is 18.0 Å². The van der Waals surface area contributed by atoms with E-state index in [0.717, 1.165) is 9.87 Å². The number of anilines is 1. The Balaban J connectivity index is 2.08. The maximum atomic E-state index is 14.2. The first-order chi connectivity index (χ1) is 19.9. The molecule has 0 aromatic heterocycles. The van der Waals surface area contributed by atoms with Crippen LogP contribution >= 0.6 is 23.2 Å². The highest BCUT2D eigenvalue weighted by Crippen LogP contribution is 2.28. The summed E-state index contributed by atoms with van der Waals surface area (Å²) < 4.78 is 34.2. The fraction of sp³-hybridized carbons (Fsp3) is 0.355. The average molecular weight is 635 g/mol. The zero-order valence-electron chi connectivity index (χ0n) is 24.4. The Morgan fingerprint density at radius 2 is 1.57 bits per heavy atom. The predicted octanol–water partition coefficient (Wildman–Crippen LogP) is 6.23. The number of nitrogens with one attached hydrogen (secondary N) is 1. The van der Waals surface area contributed by atoms with Crippen LogP contribution in [-0.2, 0) is 26.2 Å². The Morgan fingerprint density at radius 3 is 2.12 bits per heavy atom. The summed E-state index contributed by atoms with van der Waals surface area (Å²) in [5.41, 5.74) is 1.81. The second-order valence-electron chi connectivity index (χ2n) is 10.0. The summed E-state index contributed by atoms with van der Waals surface area (Å²) in [5.74, 6) is -0.344. The number of methoxy groups -OCH3 is 1.